The number of H-pyrrole nitrogens is 2. The average molecular weight is 1170 g/mol. The summed E-state index contributed by atoms with van der Waals surface area (Å²) in [5.41, 5.74) is 4.07. The molecular formula is C53H74N12O14S2. The Kier molecular flexibility index (Phi) is 21.4. The van der Waals surface area contributed by atoms with Crippen LogP contribution in [0.3, 0.4) is 0 Å². The number of aliphatic hydroxyl groups is 1. The maximum atomic E-state index is 13.7. The van der Waals surface area contributed by atoms with Crippen LogP contribution >= 0.6 is 0 Å². The number of sulfonamides is 2. The Morgan fingerprint density at radius 3 is 1.53 bits per heavy atom. The summed E-state index contributed by atoms with van der Waals surface area (Å²) in [6.07, 6.45) is 8.82. The first kappa shape index (κ1) is 62.0. The number of aryl methyl sites for hydroxylation is 4. The van der Waals surface area contributed by atoms with Gasteiger partial charge in [-0.3, -0.25) is 14.5 Å². The van der Waals surface area contributed by atoms with Crippen LogP contribution in [0.1, 0.15) is 95.2 Å². The van der Waals surface area contributed by atoms with E-state index in [4.69, 9.17) is 24.6 Å². The molecule has 4 aromatic heterocycles. The molecule has 0 amide bonds. The van der Waals surface area contributed by atoms with Gasteiger partial charge in [-0.25, -0.2) is 26.8 Å². The molecule has 1 atom stereocenters. The third kappa shape index (κ3) is 13.8. The van der Waals surface area contributed by atoms with Crippen molar-refractivity contribution in [3.63, 3.8) is 0 Å². The van der Waals surface area contributed by atoms with Gasteiger partial charge in [0.2, 0.25) is 20.0 Å². The third-order valence-corrected chi connectivity index (χ3v) is 18.2. The van der Waals surface area contributed by atoms with Gasteiger partial charge in [-0.15, -0.1) is 0 Å². The smallest absolute Gasteiger partial charge is 0.275 e. The fourth-order valence-corrected chi connectivity index (χ4v) is 13.3. The van der Waals surface area contributed by atoms with Crippen molar-refractivity contribution in [2.75, 3.05) is 72.2 Å². The molecule has 1 unspecified atom stereocenters. The van der Waals surface area contributed by atoms with Gasteiger partial charge in [-0.1, -0.05) is 56.2 Å². The molecule has 2 aromatic carbocycles. The second-order valence-electron chi connectivity index (χ2n) is 19.8. The molecule has 0 aliphatic carbocycles. The van der Waals surface area contributed by atoms with Crippen LogP contribution in [0.25, 0.3) is 44.8 Å². The van der Waals surface area contributed by atoms with Gasteiger partial charge in [0.25, 0.3) is 11.1 Å². The number of fused-ring (bicyclic) bond motifs is 2. The van der Waals surface area contributed by atoms with Crippen molar-refractivity contribution in [2.45, 2.75) is 95.3 Å². The second-order valence-corrected chi connectivity index (χ2v) is 23.7. The standard InChI is InChI=1S/C27H37N5O6S.C26H37N7O8S/c1-4-6-20-22(17-28-35)31(3)25-24(20)29-26(30-27(25)34)21-16-19(7-8-23(21)38-15-5-2)39(36,37)32-12-9-18(10-13-32)11-14-33;1-4-6-19-21(17-27-35)30(3)24-23(19)28-25(29-26(24)34)20-16-18(7-8-22(20)40-14-5-2)42(38,39)32-11-9-31(10-12-32)13-15-41-33(36)37/h7-8,16-18,33,35H,4-6,9-15H2,1-3H3,(H,29,30,34);7-8,16-17,33,35-36H,4-6,9-15H2,1-3H3,(H,28,29,34)/b28-17+;27-17+. The Labute approximate surface area is 469 Å². The van der Waals surface area contributed by atoms with Crippen molar-refractivity contribution in [2.24, 2.45) is 30.3 Å². The zero-order valence-corrected chi connectivity index (χ0v) is 48.2. The number of aliphatic hydroxyl groups excluding tert-OH is 1. The van der Waals surface area contributed by atoms with Crippen LogP contribution in [0.15, 0.2) is 66.1 Å². The Hall–Kier alpha value is -6.60. The normalized spacial score (nSPS) is 15.8. The molecule has 7 N–H and O–H groups in total. The molecule has 2 aliphatic rings. The summed E-state index contributed by atoms with van der Waals surface area (Å²) in [6, 6.07) is 9.18. The zero-order valence-electron chi connectivity index (χ0n) is 46.6. The summed E-state index contributed by atoms with van der Waals surface area (Å²) in [5.74, 6) is 1.48. The van der Waals surface area contributed by atoms with Crippen LogP contribution in [0.2, 0.25) is 0 Å². The summed E-state index contributed by atoms with van der Waals surface area (Å²) in [5, 5.41) is 51.9. The fraction of sp³-hybridized carbons (Fsp3) is 0.509. The van der Waals surface area contributed by atoms with Crippen molar-refractivity contribution in [3.05, 3.63) is 84.8 Å². The van der Waals surface area contributed by atoms with Gasteiger partial charge in [0.05, 0.1) is 57.9 Å². The Morgan fingerprint density at radius 2 is 1.14 bits per heavy atom. The van der Waals surface area contributed by atoms with Crippen LogP contribution in [0.4, 0.5) is 0 Å². The number of piperidine rings is 1. The number of piperazine rings is 1. The number of nitrogens with one attached hydrogen (secondary N) is 3. The number of benzene rings is 2. The lowest BCUT2D eigenvalue weighted by atomic mass is 9.95. The summed E-state index contributed by atoms with van der Waals surface area (Å²) in [7, 11) is -4.31. The van der Waals surface area contributed by atoms with Gasteiger partial charge in [-0.2, -0.15) is 18.7 Å². The van der Waals surface area contributed by atoms with Crippen LogP contribution < -0.4 is 26.0 Å². The zero-order chi connectivity index (χ0) is 58.6. The summed E-state index contributed by atoms with van der Waals surface area (Å²) in [6.45, 7) is 11.2. The van der Waals surface area contributed by atoms with E-state index in [0.29, 0.717) is 146 Å². The average Bonchev–Trinajstić information content (AvgIpc) is 4.14. The van der Waals surface area contributed by atoms with Crippen molar-refractivity contribution in [3.8, 4) is 34.3 Å². The Bertz CT molecular complexity index is 3540. The minimum Gasteiger partial charge on any atom is -0.566 e. The quantitative estimate of drug-likeness (QED) is 0.0258. The number of rotatable bonds is 24. The highest BCUT2D eigenvalue weighted by molar-refractivity contribution is 7.89. The van der Waals surface area contributed by atoms with Crippen LogP contribution in [0.5, 0.6) is 11.5 Å². The van der Waals surface area contributed by atoms with Gasteiger partial charge >= 0.3 is 0 Å². The Balaban J connectivity index is 0.000000234. The maximum absolute atomic E-state index is 13.7. The monoisotopic (exact) mass is 1170 g/mol. The van der Waals surface area contributed by atoms with E-state index < -0.39 is 36.6 Å². The number of ether oxygens (including phenoxy) is 2. The molecule has 0 spiro atoms. The first-order chi connectivity index (χ1) is 38.9. The van der Waals surface area contributed by atoms with E-state index in [1.165, 1.54) is 45.3 Å². The highest BCUT2D eigenvalue weighted by atomic mass is 32.2. The number of quaternary nitrogens is 1. The van der Waals surface area contributed by atoms with Gasteiger partial charge in [0.15, 0.2) is 0 Å². The summed E-state index contributed by atoms with van der Waals surface area (Å²) in [4.78, 5) is 48.4. The lowest BCUT2D eigenvalue weighted by Gasteiger charge is -2.33. The van der Waals surface area contributed by atoms with Gasteiger partial charge in [0.1, 0.15) is 51.8 Å². The molecule has 2 aliphatic heterocycles. The van der Waals surface area contributed by atoms with Gasteiger partial charge < -0.3 is 49.3 Å². The van der Waals surface area contributed by atoms with Gasteiger partial charge in [-0.05, 0) is 87.3 Å². The SMILES string of the molecule is CCCOc1ccc(S(=O)(=O)N2CCC(CCO)CC2)cc1-c1nc2c(CCC)c(/C=N/O)n(C)c2c(=O)[nH]1.CCCOc1ccc(S(=O)(=O)N2CCN(CCO[NH+]([O-])O)CC2)cc1-c1nc2c(CCC)c(/C=N/O)n(C)c2c(=O)[nH]1. The van der Waals surface area contributed by atoms with E-state index >= 15 is 0 Å². The molecule has 2 fully saturated rings. The van der Waals surface area contributed by atoms with Crippen LogP contribution in [0, 0.1) is 11.1 Å². The minimum absolute atomic E-state index is 0.00981. The van der Waals surface area contributed by atoms with Gasteiger partial charge in [0, 0.05) is 77.6 Å². The topological polar surface area (TPSA) is 340 Å². The van der Waals surface area contributed by atoms with Crippen molar-refractivity contribution in [1.29, 1.82) is 0 Å². The predicted molar refractivity (Wildman–Crippen MR) is 302 cm³/mol. The number of aromatic nitrogens is 6. The molecule has 6 heterocycles. The second kappa shape index (κ2) is 27.9. The first-order valence-electron chi connectivity index (χ1n) is 27.2. The lowest BCUT2D eigenvalue weighted by Crippen LogP contribution is -3.03. The molecule has 0 radical (unpaired) electrons. The van der Waals surface area contributed by atoms with Crippen LogP contribution in [-0.2, 0) is 51.8 Å². The molecule has 442 valence electrons. The molecular weight excluding hydrogens is 1090 g/mol. The highest BCUT2D eigenvalue weighted by Crippen LogP contribution is 2.36. The number of oxime groups is 2. The molecule has 6 aromatic rings. The van der Waals surface area contributed by atoms with Crippen LogP contribution in [-0.4, -0.2) is 165 Å². The van der Waals surface area contributed by atoms with E-state index in [1.54, 1.807) is 35.4 Å². The molecule has 8 rings (SSSR count). The number of aromatic amines is 2. The highest BCUT2D eigenvalue weighted by Gasteiger charge is 2.32. The van der Waals surface area contributed by atoms with E-state index in [0.717, 1.165) is 30.4 Å². The van der Waals surface area contributed by atoms with E-state index in [2.05, 4.69) is 25.1 Å². The lowest BCUT2D eigenvalue weighted by molar-refractivity contribution is -1.21. The van der Waals surface area contributed by atoms with Crippen molar-refractivity contribution in [1.82, 2.24) is 42.6 Å². The molecule has 0 bridgehead atoms. The number of hydrogen-bond acceptors (Lipinski definition) is 19. The van der Waals surface area contributed by atoms with Crippen molar-refractivity contribution >= 4 is 54.5 Å². The number of hydrogen-bond donors (Lipinski definition) is 7. The molecule has 81 heavy (non-hydrogen) atoms. The van der Waals surface area contributed by atoms with E-state index in [9.17, 15) is 47.2 Å². The predicted octanol–water partition coefficient (Wildman–Crippen LogP) is 3.75. The summed E-state index contributed by atoms with van der Waals surface area (Å²) < 4.78 is 72.5. The number of nitrogens with zero attached hydrogens (tertiary/aromatic N) is 9. The van der Waals surface area contributed by atoms with E-state index in [-0.39, 0.29) is 47.7 Å². The maximum Gasteiger partial charge on any atom is 0.275 e. The minimum atomic E-state index is -3.91. The molecule has 0 saturated carbocycles. The summed E-state index contributed by atoms with van der Waals surface area (Å²) >= 11 is 0. The molecule has 26 nitrogen and oxygen atoms in total. The van der Waals surface area contributed by atoms with Crippen molar-refractivity contribution < 1.29 is 57.3 Å². The first-order valence-corrected chi connectivity index (χ1v) is 30.1. The third-order valence-electron chi connectivity index (χ3n) is 14.4. The molecule has 2 saturated heterocycles. The molecule has 28 heteroatoms. The fourth-order valence-electron chi connectivity index (χ4n) is 10.3. The Morgan fingerprint density at radius 1 is 0.691 bits per heavy atom. The largest absolute Gasteiger partial charge is 0.566 e. The van der Waals surface area contributed by atoms with E-state index in [1.807, 2.05) is 32.6 Å².